The van der Waals surface area contributed by atoms with E-state index in [0.717, 1.165) is 0 Å². The Labute approximate surface area is 195 Å². The van der Waals surface area contributed by atoms with Crippen LogP contribution in [-0.4, -0.2) is 144 Å². The van der Waals surface area contributed by atoms with Crippen molar-refractivity contribution in [3.8, 4) is 0 Å². The fourth-order valence-electron chi connectivity index (χ4n) is 3.51. The van der Waals surface area contributed by atoms with Crippen LogP contribution in [0.2, 0.25) is 0 Å². The molecule has 2 rings (SSSR count). The van der Waals surface area contributed by atoms with E-state index in [9.17, 15) is 40.2 Å². The van der Waals surface area contributed by atoms with Crippen molar-refractivity contribution < 1.29 is 68.6 Å². The summed E-state index contributed by atoms with van der Waals surface area (Å²) in [5, 5.41) is 62.8. The van der Waals surface area contributed by atoms with Crippen LogP contribution >= 0.6 is 0 Å². The molecule has 0 saturated carbocycles. The lowest BCUT2D eigenvalue weighted by Crippen LogP contribution is -2.65. The van der Waals surface area contributed by atoms with E-state index < -0.39 is 74.6 Å². The summed E-state index contributed by atoms with van der Waals surface area (Å²) in [7, 11) is 0. The third-order valence-electron chi connectivity index (χ3n) is 5.28. The van der Waals surface area contributed by atoms with Crippen LogP contribution in [0.5, 0.6) is 0 Å². The summed E-state index contributed by atoms with van der Waals surface area (Å²) in [6.07, 6.45) is -15.1. The van der Waals surface area contributed by atoms with Crippen molar-refractivity contribution in [1.29, 1.82) is 0 Å². The van der Waals surface area contributed by atoms with Gasteiger partial charge in [0.25, 0.3) is 6.47 Å². The van der Waals surface area contributed by atoms with Crippen LogP contribution in [0.1, 0.15) is 6.92 Å². The van der Waals surface area contributed by atoms with E-state index in [2.05, 4.69) is 5.32 Å². The topological polar surface area (TPSA) is 223 Å². The largest absolute Gasteiger partial charge is 0.459 e. The molecule has 10 atom stereocenters. The first kappa shape index (κ1) is 28.7. The zero-order valence-corrected chi connectivity index (χ0v) is 18.5. The average molecular weight is 499 g/mol. The van der Waals surface area contributed by atoms with Crippen LogP contribution in [-0.2, 0) is 38.0 Å². The first-order valence-electron chi connectivity index (χ1n) is 10.7. The highest BCUT2D eigenvalue weighted by Crippen LogP contribution is 2.30. The van der Waals surface area contributed by atoms with Crippen molar-refractivity contribution in [2.24, 2.45) is 0 Å². The normalized spacial score (nSPS) is 38.3. The summed E-state index contributed by atoms with van der Waals surface area (Å²) in [5.74, 6) is -0.207. The predicted octanol–water partition coefficient (Wildman–Crippen LogP) is -5.04. The molecule has 34 heavy (non-hydrogen) atoms. The van der Waals surface area contributed by atoms with Gasteiger partial charge in [-0.25, -0.2) is 0 Å². The van der Waals surface area contributed by atoms with Gasteiger partial charge in [0.15, 0.2) is 18.7 Å². The minimum Gasteiger partial charge on any atom is -0.459 e. The van der Waals surface area contributed by atoms with Crippen LogP contribution in [0, 0.1) is 0 Å². The number of carbonyl (C=O) groups excluding carboxylic acids is 2. The van der Waals surface area contributed by atoms with Gasteiger partial charge in [-0.2, -0.15) is 0 Å². The molecular weight excluding hydrogens is 466 g/mol. The molecule has 2 fully saturated rings. The number of aliphatic hydroxyl groups excluding tert-OH is 6. The highest BCUT2D eigenvalue weighted by atomic mass is 16.8. The molecule has 2 aliphatic heterocycles. The highest BCUT2D eigenvalue weighted by molar-refractivity contribution is 5.72. The van der Waals surface area contributed by atoms with E-state index in [4.69, 9.17) is 28.4 Å². The Morgan fingerprint density at radius 1 is 0.882 bits per heavy atom. The summed E-state index contributed by atoms with van der Waals surface area (Å²) < 4.78 is 31.9. The maximum Gasteiger partial charge on any atom is 0.293 e. The van der Waals surface area contributed by atoms with Gasteiger partial charge in [-0.1, -0.05) is 0 Å². The molecule has 0 bridgehead atoms. The number of ether oxygens (including phenoxy) is 6. The third kappa shape index (κ3) is 7.50. The Morgan fingerprint density at radius 3 is 2.15 bits per heavy atom. The lowest BCUT2D eigenvalue weighted by atomic mass is 9.97. The smallest absolute Gasteiger partial charge is 0.293 e. The molecule has 15 heteroatoms. The SMILES string of the molecule is CC(=O)NCCOCCO[C@H]1O[C@@H](CO)[C@@H](O)[C@H](O)[C@@H]1O[C@H]1O[C@H](CO)[C@@H](O)[C@H](OC=O)[C@@H]1O. The Kier molecular flexibility index (Phi) is 12.0. The van der Waals surface area contributed by atoms with E-state index in [1.165, 1.54) is 6.92 Å². The Balaban J connectivity index is 2.04. The second kappa shape index (κ2) is 14.2. The van der Waals surface area contributed by atoms with Crippen molar-refractivity contribution in [2.45, 2.75) is 68.3 Å². The maximum atomic E-state index is 10.8. The van der Waals surface area contributed by atoms with Gasteiger partial charge in [0.1, 0.15) is 42.7 Å². The molecule has 2 heterocycles. The van der Waals surface area contributed by atoms with Crippen molar-refractivity contribution in [1.82, 2.24) is 5.32 Å². The molecule has 0 unspecified atom stereocenters. The summed E-state index contributed by atoms with van der Waals surface area (Å²) >= 11 is 0. The molecule has 1 amide bonds. The zero-order valence-electron chi connectivity index (χ0n) is 18.5. The third-order valence-corrected chi connectivity index (χ3v) is 5.28. The van der Waals surface area contributed by atoms with Gasteiger partial charge in [0.05, 0.1) is 33.0 Å². The number of aliphatic hydroxyl groups is 6. The highest BCUT2D eigenvalue weighted by Gasteiger charge is 2.51. The van der Waals surface area contributed by atoms with Crippen LogP contribution < -0.4 is 5.32 Å². The minimum atomic E-state index is -1.74. The number of hydrogen-bond donors (Lipinski definition) is 7. The van der Waals surface area contributed by atoms with Gasteiger partial charge in [0, 0.05) is 13.5 Å². The molecule has 0 radical (unpaired) electrons. The molecule has 2 aliphatic rings. The number of amides is 1. The van der Waals surface area contributed by atoms with E-state index in [-0.39, 0.29) is 38.7 Å². The lowest BCUT2D eigenvalue weighted by molar-refractivity contribution is -0.367. The van der Waals surface area contributed by atoms with Crippen LogP contribution in [0.15, 0.2) is 0 Å². The van der Waals surface area contributed by atoms with E-state index in [0.29, 0.717) is 0 Å². The first-order chi connectivity index (χ1) is 16.2. The molecule has 0 aromatic rings. The van der Waals surface area contributed by atoms with Gasteiger partial charge < -0.3 is 64.4 Å². The van der Waals surface area contributed by atoms with E-state index in [1.807, 2.05) is 0 Å². The minimum absolute atomic E-state index is 0.0000618. The molecule has 0 aliphatic carbocycles. The van der Waals surface area contributed by atoms with Crippen molar-refractivity contribution in [3.63, 3.8) is 0 Å². The second-order valence-electron chi connectivity index (χ2n) is 7.68. The predicted molar refractivity (Wildman–Crippen MR) is 107 cm³/mol. The van der Waals surface area contributed by atoms with Gasteiger partial charge >= 0.3 is 0 Å². The van der Waals surface area contributed by atoms with Crippen LogP contribution in [0.3, 0.4) is 0 Å². The molecule has 15 nitrogen and oxygen atoms in total. The number of nitrogens with one attached hydrogen (secondary N) is 1. The molecule has 7 N–H and O–H groups in total. The van der Waals surface area contributed by atoms with Gasteiger partial charge in [-0.15, -0.1) is 0 Å². The summed E-state index contributed by atoms with van der Waals surface area (Å²) in [6.45, 7) is 0.497. The monoisotopic (exact) mass is 499 g/mol. The van der Waals surface area contributed by atoms with Gasteiger partial charge in [0.2, 0.25) is 5.91 Å². The van der Waals surface area contributed by atoms with Crippen molar-refractivity contribution >= 4 is 12.4 Å². The van der Waals surface area contributed by atoms with E-state index in [1.54, 1.807) is 0 Å². The fraction of sp³-hybridized carbons (Fsp3) is 0.895. The van der Waals surface area contributed by atoms with E-state index >= 15 is 0 Å². The number of rotatable bonds is 13. The molecule has 2 saturated heterocycles. The Morgan fingerprint density at radius 2 is 1.53 bits per heavy atom. The average Bonchev–Trinajstić information content (AvgIpc) is 2.81. The molecule has 0 spiro atoms. The number of hydrogen-bond acceptors (Lipinski definition) is 14. The second-order valence-corrected chi connectivity index (χ2v) is 7.68. The van der Waals surface area contributed by atoms with Crippen molar-refractivity contribution in [2.75, 3.05) is 39.6 Å². The molecule has 198 valence electrons. The summed E-state index contributed by atoms with van der Waals surface area (Å²) in [4.78, 5) is 21.6. The Bertz CT molecular complexity index is 626. The number of carbonyl (C=O) groups is 2. The van der Waals surface area contributed by atoms with Crippen molar-refractivity contribution in [3.05, 3.63) is 0 Å². The van der Waals surface area contributed by atoms with Crippen LogP contribution in [0.4, 0.5) is 0 Å². The maximum absolute atomic E-state index is 10.8. The quantitative estimate of drug-likeness (QED) is 0.0931. The fourth-order valence-corrected chi connectivity index (χ4v) is 3.51. The Hall–Kier alpha value is -1.50. The van der Waals surface area contributed by atoms with Crippen LogP contribution in [0.25, 0.3) is 0 Å². The zero-order chi connectivity index (χ0) is 25.3. The molecule has 0 aromatic heterocycles. The molecule has 0 aromatic carbocycles. The molecular formula is C19H33NO14. The lowest BCUT2D eigenvalue weighted by Gasteiger charge is -2.46. The summed E-state index contributed by atoms with van der Waals surface area (Å²) in [6, 6.07) is 0. The summed E-state index contributed by atoms with van der Waals surface area (Å²) in [5.41, 5.74) is 0. The van der Waals surface area contributed by atoms with Gasteiger partial charge in [-0.3, -0.25) is 9.59 Å². The van der Waals surface area contributed by atoms with Gasteiger partial charge in [-0.05, 0) is 0 Å². The first-order valence-corrected chi connectivity index (χ1v) is 10.7. The standard InChI is InChI=1S/C19H33NO14/c1-9(24)20-2-3-29-4-5-30-19-17(14(27)12(25)10(6-21)33-19)34-18-15(28)16(31-8-23)13(26)11(7-22)32-18/h8,10-19,21-22,25-28H,2-7H2,1H3,(H,20,24)/t10-,11+,12+,13+,14-,15-,16-,17-,18+,19-/m0/s1.